The lowest BCUT2D eigenvalue weighted by atomic mass is 10.1. The van der Waals surface area contributed by atoms with Gasteiger partial charge in [0.2, 0.25) is 5.91 Å². The Balaban J connectivity index is 1.75. The molecule has 4 nitrogen and oxygen atoms in total. The Bertz CT molecular complexity index is 775. The average Bonchev–Trinajstić information content (AvgIpc) is 3.27. The Hall–Kier alpha value is -2.14. The van der Waals surface area contributed by atoms with E-state index >= 15 is 0 Å². The second-order valence-electron chi connectivity index (χ2n) is 6.16. The summed E-state index contributed by atoms with van der Waals surface area (Å²) >= 11 is 1.33. The fourth-order valence-corrected chi connectivity index (χ4v) is 3.36. The predicted octanol–water partition coefficient (Wildman–Crippen LogP) is 4.27. The molecule has 0 radical (unpaired) electrons. The normalized spacial score (nSPS) is 13.7. The van der Waals surface area contributed by atoms with E-state index in [1.165, 1.54) is 11.3 Å². The van der Waals surface area contributed by atoms with Crippen molar-refractivity contribution < 1.29 is 9.59 Å². The topological polar surface area (TPSA) is 58.2 Å². The molecule has 1 aliphatic rings. The maximum absolute atomic E-state index is 12.5. The first kappa shape index (κ1) is 15.7. The average molecular weight is 328 g/mol. The molecule has 0 atom stereocenters. The van der Waals surface area contributed by atoms with E-state index in [1.807, 2.05) is 45.0 Å². The van der Waals surface area contributed by atoms with Gasteiger partial charge in [0.15, 0.2) is 0 Å². The van der Waals surface area contributed by atoms with E-state index in [9.17, 15) is 9.59 Å². The third-order valence-electron chi connectivity index (χ3n) is 3.96. The highest BCUT2D eigenvalue weighted by atomic mass is 32.1. The second-order valence-corrected chi connectivity index (χ2v) is 7.21. The summed E-state index contributed by atoms with van der Waals surface area (Å²) in [6, 6.07) is 7.84. The lowest BCUT2D eigenvalue weighted by Crippen LogP contribution is -2.13. The van der Waals surface area contributed by atoms with Gasteiger partial charge < -0.3 is 10.6 Å². The molecule has 120 valence electrons. The van der Waals surface area contributed by atoms with Gasteiger partial charge in [-0.3, -0.25) is 9.59 Å². The third kappa shape index (κ3) is 3.62. The molecule has 1 aromatic heterocycles. The van der Waals surface area contributed by atoms with Crippen molar-refractivity contribution in [3.63, 3.8) is 0 Å². The van der Waals surface area contributed by atoms with Crippen LogP contribution in [0.15, 0.2) is 24.3 Å². The van der Waals surface area contributed by atoms with Crippen LogP contribution in [0.5, 0.6) is 0 Å². The molecule has 1 heterocycles. The van der Waals surface area contributed by atoms with Gasteiger partial charge in [-0.25, -0.2) is 0 Å². The van der Waals surface area contributed by atoms with Crippen molar-refractivity contribution in [2.75, 3.05) is 10.6 Å². The van der Waals surface area contributed by atoms with E-state index in [0.717, 1.165) is 40.2 Å². The van der Waals surface area contributed by atoms with Crippen LogP contribution in [0.3, 0.4) is 0 Å². The molecule has 1 fully saturated rings. The number of benzene rings is 1. The number of nitrogens with one attached hydrogen (secondary N) is 2. The van der Waals surface area contributed by atoms with Crippen LogP contribution in [0.1, 0.15) is 39.2 Å². The minimum absolute atomic E-state index is 0.0627. The Morgan fingerprint density at radius 3 is 2.48 bits per heavy atom. The third-order valence-corrected chi connectivity index (χ3v) is 5.11. The molecule has 3 rings (SSSR count). The van der Waals surface area contributed by atoms with Crippen LogP contribution in [0, 0.1) is 26.7 Å². The summed E-state index contributed by atoms with van der Waals surface area (Å²) in [5.41, 5.74) is 3.84. The van der Waals surface area contributed by atoms with Crippen molar-refractivity contribution >= 4 is 33.8 Å². The van der Waals surface area contributed by atoms with Crippen LogP contribution in [0.25, 0.3) is 0 Å². The highest BCUT2D eigenvalue weighted by Gasteiger charge is 2.30. The second kappa shape index (κ2) is 6.16. The first-order valence-corrected chi connectivity index (χ1v) is 8.55. The number of hydrogen-bond donors (Lipinski definition) is 2. The van der Waals surface area contributed by atoms with Crippen molar-refractivity contribution in [1.82, 2.24) is 0 Å². The fraction of sp³-hybridized carbons (Fsp3) is 0.333. The summed E-state index contributed by atoms with van der Waals surface area (Å²) in [6.45, 7) is 5.86. The number of carbonyl (C=O) groups is 2. The zero-order chi connectivity index (χ0) is 16.6. The van der Waals surface area contributed by atoms with Crippen LogP contribution in [-0.4, -0.2) is 11.8 Å². The van der Waals surface area contributed by atoms with Crippen LogP contribution in [0.4, 0.5) is 10.7 Å². The summed E-state index contributed by atoms with van der Waals surface area (Å²) in [5.74, 6) is 0.0884. The SMILES string of the molecule is Cc1ccc(C)c(NC(=O)c2sc(NC(=O)C3CC3)cc2C)c1. The highest BCUT2D eigenvalue weighted by Crippen LogP contribution is 2.33. The van der Waals surface area contributed by atoms with Crippen LogP contribution >= 0.6 is 11.3 Å². The van der Waals surface area contributed by atoms with Gasteiger partial charge in [-0.15, -0.1) is 11.3 Å². The summed E-state index contributed by atoms with van der Waals surface area (Å²) in [4.78, 5) is 25.0. The van der Waals surface area contributed by atoms with Gasteiger partial charge in [-0.1, -0.05) is 12.1 Å². The molecule has 0 spiro atoms. The summed E-state index contributed by atoms with van der Waals surface area (Å²) < 4.78 is 0. The van der Waals surface area contributed by atoms with E-state index in [1.54, 1.807) is 0 Å². The Labute approximate surface area is 139 Å². The molecule has 23 heavy (non-hydrogen) atoms. The zero-order valence-corrected chi connectivity index (χ0v) is 14.3. The van der Waals surface area contributed by atoms with E-state index in [2.05, 4.69) is 10.6 Å². The maximum atomic E-state index is 12.5. The van der Waals surface area contributed by atoms with Crippen molar-refractivity contribution in [2.45, 2.75) is 33.6 Å². The Morgan fingerprint density at radius 1 is 1.04 bits per heavy atom. The first-order chi connectivity index (χ1) is 10.9. The van der Waals surface area contributed by atoms with Gasteiger partial charge in [0.05, 0.1) is 9.88 Å². The van der Waals surface area contributed by atoms with E-state index < -0.39 is 0 Å². The number of rotatable bonds is 4. The number of anilines is 2. The first-order valence-electron chi connectivity index (χ1n) is 7.74. The number of hydrogen-bond acceptors (Lipinski definition) is 3. The fourth-order valence-electron chi connectivity index (χ4n) is 2.39. The monoisotopic (exact) mass is 328 g/mol. The smallest absolute Gasteiger partial charge is 0.266 e. The van der Waals surface area contributed by atoms with Crippen LogP contribution in [0.2, 0.25) is 0 Å². The molecule has 1 saturated carbocycles. The minimum Gasteiger partial charge on any atom is -0.321 e. The van der Waals surface area contributed by atoms with E-state index in [-0.39, 0.29) is 17.7 Å². The molecule has 2 N–H and O–H groups in total. The quantitative estimate of drug-likeness (QED) is 0.880. The van der Waals surface area contributed by atoms with E-state index in [0.29, 0.717) is 4.88 Å². The lowest BCUT2D eigenvalue weighted by molar-refractivity contribution is -0.117. The molecule has 1 aromatic carbocycles. The number of thiophene rings is 1. The molecule has 2 amide bonds. The minimum atomic E-state index is -0.131. The van der Waals surface area contributed by atoms with Gasteiger partial charge in [0.1, 0.15) is 0 Å². The Morgan fingerprint density at radius 2 is 1.78 bits per heavy atom. The molecule has 0 saturated heterocycles. The Kier molecular flexibility index (Phi) is 4.22. The lowest BCUT2D eigenvalue weighted by Gasteiger charge is -2.09. The highest BCUT2D eigenvalue weighted by molar-refractivity contribution is 7.18. The standard InChI is InChI=1S/C18H20N2O2S/c1-10-4-5-11(2)14(8-10)19-18(22)16-12(3)9-15(23-16)20-17(21)13-6-7-13/h4-5,8-9,13H,6-7H2,1-3H3,(H,19,22)(H,20,21). The maximum Gasteiger partial charge on any atom is 0.266 e. The van der Waals surface area contributed by atoms with Crippen LogP contribution in [-0.2, 0) is 4.79 Å². The summed E-state index contributed by atoms with van der Waals surface area (Å²) in [6.07, 6.45) is 1.94. The molecular weight excluding hydrogens is 308 g/mol. The van der Waals surface area contributed by atoms with Gasteiger partial charge in [0, 0.05) is 11.6 Å². The number of amides is 2. The van der Waals surface area contributed by atoms with Crippen LogP contribution < -0.4 is 10.6 Å². The van der Waals surface area contributed by atoms with Crippen molar-refractivity contribution in [3.8, 4) is 0 Å². The largest absolute Gasteiger partial charge is 0.321 e. The van der Waals surface area contributed by atoms with Gasteiger partial charge in [-0.2, -0.15) is 0 Å². The molecule has 0 unspecified atom stereocenters. The molecule has 0 aliphatic heterocycles. The van der Waals surface area contributed by atoms with Crippen molar-refractivity contribution in [1.29, 1.82) is 0 Å². The van der Waals surface area contributed by atoms with E-state index in [4.69, 9.17) is 0 Å². The van der Waals surface area contributed by atoms with Crippen molar-refractivity contribution in [3.05, 3.63) is 45.8 Å². The van der Waals surface area contributed by atoms with Gasteiger partial charge >= 0.3 is 0 Å². The number of carbonyl (C=O) groups excluding carboxylic acids is 2. The van der Waals surface area contributed by atoms with Gasteiger partial charge in [0.25, 0.3) is 5.91 Å². The van der Waals surface area contributed by atoms with Crippen molar-refractivity contribution in [2.24, 2.45) is 5.92 Å². The molecule has 5 heteroatoms. The molecule has 0 bridgehead atoms. The molecule has 1 aliphatic carbocycles. The summed E-state index contributed by atoms with van der Waals surface area (Å²) in [7, 11) is 0. The zero-order valence-electron chi connectivity index (χ0n) is 13.5. The number of aryl methyl sites for hydroxylation is 3. The molecular formula is C18H20N2O2S. The van der Waals surface area contributed by atoms with Gasteiger partial charge in [-0.05, 0) is 62.4 Å². The predicted molar refractivity (Wildman–Crippen MR) is 94.3 cm³/mol. The summed E-state index contributed by atoms with van der Waals surface area (Å²) in [5, 5.41) is 6.61. The molecule has 2 aromatic rings.